The molecule has 6 nitrogen and oxygen atoms in total. The molecule has 0 radical (unpaired) electrons. The molecule has 0 aliphatic heterocycles. The molecule has 0 saturated carbocycles. The van der Waals surface area contributed by atoms with Crippen LogP contribution in [0.2, 0.25) is 0 Å². The van der Waals surface area contributed by atoms with Crippen molar-refractivity contribution in [3.05, 3.63) is 24.3 Å². The van der Waals surface area contributed by atoms with Crippen LogP contribution in [0.25, 0.3) is 0 Å². The van der Waals surface area contributed by atoms with Gasteiger partial charge in [0.25, 0.3) is 0 Å². The molecule has 34 heavy (non-hydrogen) atoms. The van der Waals surface area contributed by atoms with Crippen LogP contribution in [-0.2, 0) is 19.1 Å². The number of hydrogen-bond donors (Lipinski definition) is 1. The molecule has 1 aromatic carbocycles. The zero-order valence-electron chi connectivity index (χ0n) is 21.6. The monoisotopic (exact) mass is 477 g/mol. The molecule has 0 aromatic heterocycles. The van der Waals surface area contributed by atoms with Crippen LogP contribution in [-0.4, -0.2) is 38.3 Å². The molecular weight excluding hydrogens is 430 g/mol. The third-order valence-corrected chi connectivity index (χ3v) is 5.65. The lowest BCUT2D eigenvalue weighted by molar-refractivity contribution is -0.145. The molecule has 0 heterocycles. The van der Waals surface area contributed by atoms with Gasteiger partial charge in [0.05, 0.1) is 13.2 Å². The van der Waals surface area contributed by atoms with Crippen LogP contribution in [0.3, 0.4) is 0 Å². The number of carbonyl (C=O) groups is 2. The first kappa shape index (κ1) is 30.0. The molecule has 0 atom stereocenters. The lowest BCUT2D eigenvalue weighted by Crippen LogP contribution is -2.13. The average molecular weight is 478 g/mol. The van der Waals surface area contributed by atoms with Crippen LogP contribution >= 0.6 is 0 Å². The van der Waals surface area contributed by atoms with E-state index < -0.39 is 0 Å². The van der Waals surface area contributed by atoms with E-state index in [4.69, 9.17) is 14.2 Å². The summed E-state index contributed by atoms with van der Waals surface area (Å²) in [5.74, 6) is 0.469. The Morgan fingerprint density at radius 3 is 1.79 bits per heavy atom. The highest BCUT2D eigenvalue weighted by molar-refractivity contribution is 5.88. The van der Waals surface area contributed by atoms with E-state index in [1.165, 1.54) is 77.6 Å². The van der Waals surface area contributed by atoms with E-state index in [1.54, 1.807) is 24.3 Å². The number of amides is 1. The molecule has 1 aromatic rings. The highest BCUT2D eigenvalue weighted by atomic mass is 16.6. The minimum absolute atomic E-state index is 0.105. The van der Waals surface area contributed by atoms with Crippen molar-refractivity contribution in [1.29, 1.82) is 0 Å². The van der Waals surface area contributed by atoms with Gasteiger partial charge in [-0.3, -0.25) is 9.59 Å². The highest BCUT2D eigenvalue weighted by Gasteiger charge is 2.03. The molecule has 1 amide bonds. The number of benzene rings is 1. The number of ether oxygens (including phenoxy) is 3. The van der Waals surface area contributed by atoms with Crippen molar-refractivity contribution in [3.63, 3.8) is 0 Å². The normalized spacial score (nSPS) is 10.8. The second kappa shape index (κ2) is 21.5. The summed E-state index contributed by atoms with van der Waals surface area (Å²) in [7, 11) is 0. The maximum atomic E-state index is 11.8. The number of hydrogen-bond acceptors (Lipinski definition) is 5. The maximum absolute atomic E-state index is 11.8. The Hall–Kier alpha value is -2.08. The van der Waals surface area contributed by atoms with Crippen LogP contribution in [0, 0.1) is 0 Å². The molecule has 1 N–H and O–H groups in total. The number of unbranched alkanes of at least 4 members (excludes halogenated alkanes) is 12. The van der Waals surface area contributed by atoms with Crippen LogP contribution < -0.4 is 10.1 Å². The first-order valence-corrected chi connectivity index (χ1v) is 13.4. The fourth-order valence-electron chi connectivity index (χ4n) is 3.73. The Balaban J connectivity index is 1.83. The van der Waals surface area contributed by atoms with E-state index in [1.807, 2.05) is 0 Å². The number of carbonyl (C=O) groups excluding carboxylic acids is 2. The van der Waals surface area contributed by atoms with E-state index >= 15 is 0 Å². The van der Waals surface area contributed by atoms with Gasteiger partial charge in [-0.1, -0.05) is 84.0 Å². The summed E-state index contributed by atoms with van der Waals surface area (Å²) >= 11 is 0. The highest BCUT2D eigenvalue weighted by Crippen LogP contribution is 2.15. The Bertz CT molecular complexity index is 632. The van der Waals surface area contributed by atoms with Crippen LogP contribution in [0.5, 0.6) is 5.75 Å². The van der Waals surface area contributed by atoms with E-state index in [0.29, 0.717) is 32.0 Å². The van der Waals surface area contributed by atoms with Crippen molar-refractivity contribution < 1.29 is 23.8 Å². The zero-order chi connectivity index (χ0) is 24.7. The molecule has 6 heteroatoms. The molecule has 0 unspecified atom stereocenters. The maximum Gasteiger partial charge on any atom is 0.305 e. The van der Waals surface area contributed by atoms with Gasteiger partial charge >= 0.3 is 5.97 Å². The largest absolute Gasteiger partial charge is 0.491 e. The third kappa shape index (κ3) is 18.4. The fraction of sp³-hybridized carbons (Fsp3) is 0.714. The van der Waals surface area contributed by atoms with Gasteiger partial charge in [-0.25, -0.2) is 0 Å². The van der Waals surface area contributed by atoms with Crippen molar-refractivity contribution in [2.45, 2.75) is 104 Å². The summed E-state index contributed by atoms with van der Waals surface area (Å²) in [6.07, 6.45) is 17.4. The van der Waals surface area contributed by atoms with Gasteiger partial charge in [-0.2, -0.15) is 0 Å². The van der Waals surface area contributed by atoms with E-state index in [0.717, 1.165) is 18.5 Å². The first-order valence-electron chi connectivity index (χ1n) is 13.4. The Morgan fingerprint density at radius 1 is 0.706 bits per heavy atom. The Morgan fingerprint density at radius 2 is 1.24 bits per heavy atom. The lowest BCUT2D eigenvalue weighted by atomic mass is 10.0. The van der Waals surface area contributed by atoms with E-state index in [9.17, 15) is 9.59 Å². The summed E-state index contributed by atoms with van der Waals surface area (Å²) in [5.41, 5.74) is 0.733. The topological polar surface area (TPSA) is 73.9 Å². The molecule has 0 aliphatic rings. The standard InChI is InChI=1S/C28H47NO5/c1-3-4-5-6-7-8-9-10-11-12-13-14-15-16-28(31)34-24-22-32-21-23-33-27-19-17-26(18-20-27)29-25(2)30/h17-20H,3-16,21-24H2,1-2H3,(H,29,30). The smallest absolute Gasteiger partial charge is 0.305 e. The van der Waals surface area contributed by atoms with Crippen molar-refractivity contribution in [1.82, 2.24) is 0 Å². The van der Waals surface area contributed by atoms with Gasteiger partial charge in [0, 0.05) is 19.0 Å². The first-order chi connectivity index (χ1) is 16.6. The summed E-state index contributed by atoms with van der Waals surface area (Å²) in [4.78, 5) is 22.8. The molecule has 0 bridgehead atoms. The average Bonchev–Trinajstić information content (AvgIpc) is 2.82. The second-order valence-corrected chi connectivity index (χ2v) is 8.88. The molecule has 0 saturated heterocycles. The van der Waals surface area contributed by atoms with Crippen molar-refractivity contribution >= 4 is 17.6 Å². The van der Waals surface area contributed by atoms with Gasteiger partial charge in [-0.15, -0.1) is 0 Å². The summed E-state index contributed by atoms with van der Waals surface area (Å²) < 4.78 is 16.2. The van der Waals surface area contributed by atoms with Gasteiger partial charge in [0.1, 0.15) is 19.0 Å². The Labute approximate surface area is 207 Å². The molecule has 1 rings (SSSR count). The second-order valence-electron chi connectivity index (χ2n) is 8.88. The molecule has 0 spiro atoms. The van der Waals surface area contributed by atoms with Crippen molar-refractivity contribution in [2.75, 3.05) is 31.7 Å². The van der Waals surface area contributed by atoms with Gasteiger partial charge in [0.15, 0.2) is 0 Å². The minimum Gasteiger partial charge on any atom is -0.491 e. The van der Waals surface area contributed by atoms with Crippen molar-refractivity contribution in [3.8, 4) is 5.75 Å². The summed E-state index contributed by atoms with van der Waals surface area (Å²) in [6.45, 7) is 5.21. The SMILES string of the molecule is CCCCCCCCCCCCCCCC(=O)OCCOCCOc1ccc(NC(C)=O)cc1. The predicted octanol–water partition coefficient (Wildman–Crippen LogP) is 7.06. The number of rotatable bonds is 22. The Kier molecular flexibility index (Phi) is 18.9. The van der Waals surface area contributed by atoms with E-state index in [2.05, 4.69) is 12.2 Å². The van der Waals surface area contributed by atoms with Gasteiger partial charge in [0.2, 0.25) is 5.91 Å². The van der Waals surface area contributed by atoms with Crippen LogP contribution in [0.4, 0.5) is 5.69 Å². The van der Waals surface area contributed by atoms with Crippen LogP contribution in [0.1, 0.15) is 104 Å². The third-order valence-electron chi connectivity index (χ3n) is 5.65. The van der Waals surface area contributed by atoms with Gasteiger partial charge < -0.3 is 19.5 Å². The molecule has 0 fully saturated rings. The van der Waals surface area contributed by atoms with E-state index in [-0.39, 0.29) is 18.5 Å². The quantitative estimate of drug-likeness (QED) is 0.143. The van der Waals surface area contributed by atoms with Crippen molar-refractivity contribution in [2.24, 2.45) is 0 Å². The number of esters is 1. The summed E-state index contributed by atoms with van der Waals surface area (Å²) in [6, 6.07) is 7.16. The minimum atomic E-state index is -0.137. The molecule has 0 aliphatic carbocycles. The van der Waals surface area contributed by atoms with Crippen LogP contribution in [0.15, 0.2) is 24.3 Å². The van der Waals surface area contributed by atoms with Gasteiger partial charge in [-0.05, 0) is 30.7 Å². The molecule has 194 valence electrons. The number of nitrogens with one attached hydrogen (secondary N) is 1. The molecular formula is C28H47NO5. The zero-order valence-corrected chi connectivity index (χ0v) is 21.6. The lowest BCUT2D eigenvalue weighted by Gasteiger charge is -2.09. The number of anilines is 1. The fourth-order valence-corrected chi connectivity index (χ4v) is 3.73. The summed E-state index contributed by atoms with van der Waals surface area (Å²) in [5, 5.41) is 2.71. The predicted molar refractivity (Wildman–Crippen MR) is 138 cm³/mol.